The summed E-state index contributed by atoms with van der Waals surface area (Å²) in [6.45, 7) is 2.78. The van der Waals surface area contributed by atoms with E-state index in [2.05, 4.69) is 20.3 Å². The molecule has 8 nitrogen and oxygen atoms in total. The van der Waals surface area contributed by atoms with Crippen LogP contribution in [-0.4, -0.2) is 59.8 Å². The van der Waals surface area contributed by atoms with Gasteiger partial charge in [-0.05, 0) is 13.8 Å². The summed E-state index contributed by atoms with van der Waals surface area (Å²) in [6, 6.07) is 0. The Labute approximate surface area is 112 Å². The van der Waals surface area contributed by atoms with E-state index in [0.717, 1.165) is 0 Å². The minimum absolute atomic E-state index is 0.106. The molecular formula is C11H20N6O2. The van der Waals surface area contributed by atoms with Gasteiger partial charge in [0.15, 0.2) is 0 Å². The molecule has 8 heteroatoms. The van der Waals surface area contributed by atoms with Crippen LogP contribution in [0.3, 0.4) is 0 Å². The van der Waals surface area contributed by atoms with Gasteiger partial charge in [0.05, 0.1) is 0 Å². The fourth-order valence-electron chi connectivity index (χ4n) is 1.06. The minimum atomic E-state index is -1.50. The Morgan fingerprint density at radius 3 is 1.79 bits per heavy atom. The molecule has 0 atom stereocenters. The summed E-state index contributed by atoms with van der Waals surface area (Å²) in [7, 11) is 7.15. The van der Waals surface area contributed by atoms with Gasteiger partial charge in [-0.25, -0.2) is 0 Å². The maximum Gasteiger partial charge on any atom is 0.258 e. The van der Waals surface area contributed by atoms with Gasteiger partial charge in [0.2, 0.25) is 17.8 Å². The van der Waals surface area contributed by atoms with Crippen LogP contribution in [0.4, 0.5) is 17.8 Å². The number of amides is 1. The van der Waals surface area contributed by atoms with Crippen molar-refractivity contribution in [2.24, 2.45) is 0 Å². The molecule has 0 radical (unpaired) electrons. The molecule has 1 heterocycles. The van der Waals surface area contributed by atoms with E-state index in [1.165, 1.54) is 13.8 Å². The Kier molecular flexibility index (Phi) is 4.25. The van der Waals surface area contributed by atoms with E-state index in [0.29, 0.717) is 11.9 Å². The first kappa shape index (κ1) is 15.1. The maximum absolute atomic E-state index is 11.7. The Hall–Kier alpha value is -1.96. The zero-order chi connectivity index (χ0) is 14.8. The third kappa shape index (κ3) is 4.02. The number of anilines is 3. The summed E-state index contributed by atoms with van der Waals surface area (Å²) >= 11 is 0. The molecule has 0 bridgehead atoms. The molecule has 1 amide bonds. The van der Waals surface area contributed by atoms with Gasteiger partial charge in [-0.15, -0.1) is 0 Å². The van der Waals surface area contributed by atoms with Crippen LogP contribution in [0.25, 0.3) is 0 Å². The second-order valence-electron chi connectivity index (χ2n) is 5.06. The summed E-state index contributed by atoms with van der Waals surface area (Å²) in [5.41, 5.74) is -1.50. The number of hydrogen-bond acceptors (Lipinski definition) is 7. The quantitative estimate of drug-likeness (QED) is 0.775. The van der Waals surface area contributed by atoms with E-state index in [1.807, 2.05) is 0 Å². The lowest BCUT2D eigenvalue weighted by Crippen LogP contribution is -2.37. The summed E-state index contributed by atoms with van der Waals surface area (Å²) in [4.78, 5) is 27.5. The summed E-state index contributed by atoms with van der Waals surface area (Å²) in [6.07, 6.45) is 0. The maximum atomic E-state index is 11.7. The molecule has 0 aliphatic heterocycles. The lowest BCUT2D eigenvalue weighted by Gasteiger charge is -2.18. The number of hydrogen-bond donors (Lipinski definition) is 2. The van der Waals surface area contributed by atoms with Gasteiger partial charge in [-0.2, -0.15) is 15.0 Å². The molecule has 0 unspecified atom stereocenters. The highest BCUT2D eigenvalue weighted by Crippen LogP contribution is 2.14. The van der Waals surface area contributed by atoms with E-state index in [4.69, 9.17) is 0 Å². The smallest absolute Gasteiger partial charge is 0.258 e. The lowest BCUT2D eigenvalue weighted by atomic mass is 10.1. The molecule has 0 saturated heterocycles. The molecule has 106 valence electrons. The second kappa shape index (κ2) is 5.35. The van der Waals surface area contributed by atoms with Gasteiger partial charge < -0.3 is 14.9 Å². The van der Waals surface area contributed by atoms with Gasteiger partial charge in [0.1, 0.15) is 5.60 Å². The number of aliphatic hydroxyl groups is 1. The predicted molar refractivity (Wildman–Crippen MR) is 73.4 cm³/mol. The molecule has 0 saturated carbocycles. The average molecular weight is 268 g/mol. The molecule has 0 aliphatic rings. The number of aromatic nitrogens is 3. The van der Waals surface area contributed by atoms with Crippen molar-refractivity contribution in [3.63, 3.8) is 0 Å². The molecule has 1 rings (SSSR count). The molecule has 0 spiro atoms. The van der Waals surface area contributed by atoms with E-state index in [-0.39, 0.29) is 5.95 Å². The van der Waals surface area contributed by atoms with Crippen molar-refractivity contribution in [3.05, 3.63) is 0 Å². The van der Waals surface area contributed by atoms with Crippen LogP contribution >= 0.6 is 0 Å². The third-order valence-corrected chi connectivity index (χ3v) is 2.19. The largest absolute Gasteiger partial charge is 0.381 e. The fourth-order valence-corrected chi connectivity index (χ4v) is 1.06. The zero-order valence-corrected chi connectivity index (χ0v) is 12.1. The SMILES string of the molecule is CN(C)c1nc(NC(=O)C(C)(C)O)nc(N(C)C)n1. The Balaban J connectivity index is 3.10. The lowest BCUT2D eigenvalue weighted by molar-refractivity contribution is -0.130. The van der Waals surface area contributed by atoms with Crippen molar-refractivity contribution in [2.45, 2.75) is 19.4 Å². The minimum Gasteiger partial charge on any atom is -0.381 e. The van der Waals surface area contributed by atoms with E-state index in [9.17, 15) is 9.90 Å². The summed E-state index contributed by atoms with van der Waals surface area (Å²) in [5.74, 6) is 0.372. The van der Waals surface area contributed by atoms with Crippen LogP contribution in [0.15, 0.2) is 0 Å². The van der Waals surface area contributed by atoms with E-state index < -0.39 is 11.5 Å². The normalized spacial score (nSPS) is 11.1. The van der Waals surface area contributed by atoms with Gasteiger partial charge in [-0.1, -0.05) is 0 Å². The molecule has 0 fully saturated rings. The van der Waals surface area contributed by atoms with Crippen LogP contribution in [0.1, 0.15) is 13.8 Å². The Morgan fingerprint density at radius 1 is 1.05 bits per heavy atom. The van der Waals surface area contributed by atoms with Gasteiger partial charge in [0, 0.05) is 28.2 Å². The Bertz CT molecular complexity index is 440. The van der Waals surface area contributed by atoms with Crippen LogP contribution in [0.2, 0.25) is 0 Å². The first-order valence-corrected chi connectivity index (χ1v) is 5.76. The standard InChI is InChI=1S/C11H20N6O2/c1-11(2,19)7(18)12-8-13-9(16(3)4)15-10(14-8)17(5)6/h19H,1-6H3,(H,12,13,14,15,18). The van der Waals surface area contributed by atoms with Crippen LogP contribution < -0.4 is 15.1 Å². The number of carbonyl (C=O) groups is 1. The monoisotopic (exact) mass is 268 g/mol. The van der Waals surface area contributed by atoms with E-state index in [1.54, 1.807) is 38.0 Å². The molecular weight excluding hydrogens is 248 g/mol. The van der Waals surface area contributed by atoms with Crippen molar-refractivity contribution < 1.29 is 9.90 Å². The van der Waals surface area contributed by atoms with Crippen LogP contribution in [0.5, 0.6) is 0 Å². The molecule has 19 heavy (non-hydrogen) atoms. The molecule has 1 aromatic heterocycles. The van der Waals surface area contributed by atoms with Crippen molar-refractivity contribution in [3.8, 4) is 0 Å². The van der Waals surface area contributed by atoms with Gasteiger partial charge >= 0.3 is 0 Å². The van der Waals surface area contributed by atoms with Gasteiger partial charge in [0.25, 0.3) is 5.91 Å². The first-order valence-electron chi connectivity index (χ1n) is 5.76. The zero-order valence-electron chi connectivity index (χ0n) is 12.1. The molecule has 2 N–H and O–H groups in total. The highest BCUT2D eigenvalue weighted by Gasteiger charge is 2.25. The fraction of sp³-hybridized carbons (Fsp3) is 0.636. The number of nitrogens with one attached hydrogen (secondary N) is 1. The Morgan fingerprint density at radius 2 is 1.47 bits per heavy atom. The van der Waals surface area contributed by atoms with Crippen LogP contribution in [0, 0.1) is 0 Å². The topological polar surface area (TPSA) is 94.5 Å². The van der Waals surface area contributed by atoms with Crippen LogP contribution in [-0.2, 0) is 4.79 Å². The first-order chi connectivity index (χ1) is 8.61. The predicted octanol–water partition coefficient (Wildman–Crippen LogP) is -0.287. The highest BCUT2D eigenvalue weighted by atomic mass is 16.3. The molecule has 0 aliphatic carbocycles. The summed E-state index contributed by atoms with van der Waals surface area (Å²) < 4.78 is 0. The number of nitrogens with zero attached hydrogens (tertiary/aromatic N) is 5. The van der Waals surface area contributed by atoms with Gasteiger partial charge in [-0.3, -0.25) is 10.1 Å². The number of carbonyl (C=O) groups excluding carboxylic acids is 1. The molecule has 1 aromatic rings. The van der Waals surface area contributed by atoms with Crippen molar-refractivity contribution >= 4 is 23.8 Å². The third-order valence-electron chi connectivity index (χ3n) is 2.19. The van der Waals surface area contributed by atoms with Crippen molar-refractivity contribution in [1.82, 2.24) is 15.0 Å². The van der Waals surface area contributed by atoms with Crippen molar-refractivity contribution in [2.75, 3.05) is 43.3 Å². The summed E-state index contributed by atoms with van der Waals surface area (Å²) in [5, 5.41) is 12.1. The number of rotatable bonds is 4. The highest BCUT2D eigenvalue weighted by molar-refractivity contribution is 5.95. The second-order valence-corrected chi connectivity index (χ2v) is 5.06. The van der Waals surface area contributed by atoms with Crippen molar-refractivity contribution in [1.29, 1.82) is 0 Å². The molecule has 0 aromatic carbocycles. The average Bonchev–Trinajstić information content (AvgIpc) is 2.27. The van der Waals surface area contributed by atoms with E-state index >= 15 is 0 Å².